The topological polar surface area (TPSA) is 128 Å². The lowest BCUT2D eigenvalue weighted by molar-refractivity contribution is -0.122. The van der Waals surface area contributed by atoms with Gasteiger partial charge in [-0.1, -0.05) is 31.5 Å². The number of aromatic nitrogens is 1. The molecule has 4 rings (SSSR count). The number of nitrogens with zero attached hydrogens (tertiary/aromatic N) is 1. The maximum Gasteiger partial charge on any atom is 0.279 e. The zero-order chi connectivity index (χ0) is 26.0. The number of hydrogen-bond donors (Lipinski definition) is 3. The zero-order valence-electron chi connectivity index (χ0n) is 19.9. The lowest BCUT2D eigenvalue weighted by Crippen LogP contribution is -2.51. The first-order valence-corrected chi connectivity index (χ1v) is 13.5. The molecule has 11 heteroatoms. The number of aromatic amines is 1. The third kappa shape index (κ3) is 5.55. The highest BCUT2D eigenvalue weighted by Gasteiger charge is 2.30. The Morgan fingerprint density at radius 2 is 1.78 bits per heavy atom. The Balaban J connectivity index is 1.46. The van der Waals surface area contributed by atoms with E-state index < -0.39 is 33.8 Å². The first-order valence-electron chi connectivity index (χ1n) is 11.6. The van der Waals surface area contributed by atoms with Gasteiger partial charge in [0.15, 0.2) is 5.03 Å². The van der Waals surface area contributed by atoms with E-state index >= 15 is 0 Å². The van der Waals surface area contributed by atoms with Crippen molar-refractivity contribution in [3.63, 3.8) is 0 Å². The molecule has 1 aliphatic heterocycles. The number of fused-ring (bicyclic) bond motifs is 1. The van der Waals surface area contributed by atoms with Crippen LogP contribution in [0.25, 0.3) is 10.9 Å². The van der Waals surface area contributed by atoms with E-state index in [-0.39, 0.29) is 16.5 Å². The molecule has 1 saturated heterocycles. The number of sulfonamides is 1. The van der Waals surface area contributed by atoms with Crippen LogP contribution in [0, 0.1) is 5.92 Å². The number of benzene rings is 2. The molecule has 1 fully saturated rings. The number of halogens is 1. The van der Waals surface area contributed by atoms with E-state index in [1.165, 1.54) is 6.07 Å². The molecule has 190 valence electrons. The number of carbonyl (C=O) groups excluding carboxylic acids is 3. The Bertz CT molecular complexity index is 1420. The van der Waals surface area contributed by atoms with Gasteiger partial charge in [-0.15, -0.1) is 0 Å². The summed E-state index contributed by atoms with van der Waals surface area (Å²) in [7, 11) is -4.22. The van der Waals surface area contributed by atoms with E-state index in [0.717, 1.165) is 12.8 Å². The van der Waals surface area contributed by atoms with Crippen molar-refractivity contribution in [3.05, 3.63) is 59.1 Å². The predicted molar refractivity (Wildman–Crippen MR) is 137 cm³/mol. The van der Waals surface area contributed by atoms with Gasteiger partial charge in [-0.2, -0.15) is 8.42 Å². The number of amides is 3. The van der Waals surface area contributed by atoms with E-state index in [9.17, 15) is 22.8 Å². The minimum atomic E-state index is -4.22. The molecule has 0 spiro atoms. The number of piperidine rings is 1. The summed E-state index contributed by atoms with van der Waals surface area (Å²) in [5, 5.41) is 3.50. The van der Waals surface area contributed by atoms with Crippen LogP contribution in [0.4, 0.5) is 5.69 Å². The summed E-state index contributed by atoms with van der Waals surface area (Å²) in [6.07, 6.45) is 2.30. The summed E-state index contributed by atoms with van der Waals surface area (Å²) >= 11 is 5.96. The van der Waals surface area contributed by atoms with Crippen LogP contribution in [-0.2, 0) is 19.6 Å². The molecule has 0 saturated carbocycles. The van der Waals surface area contributed by atoms with Crippen LogP contribution in [0.2, 0.25) is 5.02 Å². The number of carbonyl (C=O) groups is 3. The summed E-state index contributed by atoms with van der Waals surface area (Å²) in [5.41, 5.74) is 1.51. The number of anilines is 1. The number of nitrogens with one attached hydrogen (secondary N) is 3. The summed E-state index contributed by atoms with van der Waals surface area (Å²) < 4.78 is 27.8. The van der Waals surface area contributed by atoms with Gasteiger partial charge in [0.1, 0.15) is 6.04 Å². The van der Waals surface area contributed by atoms with E-state index in [1.807, 2.05) is 0 Å². The summed E-state index contributed by atoms with van der Waals surface area (Å²) in [4.78, 5) is 42.4. The van der Waals surface area contributed by atoms with Crippen molar-refractivity contribution < 1.29 is 22.8 Å². The van der Waals surface area contributed by atoms with Crippen molar-refractivity contribution in [2.75, 3.05) is 11.4 Å². The molecule has 3 aromatic rings. The lowest BCUT2D eigenvalue weighted by atomic mass is 10.0. The molecule has 2 heterocycles. The van der Waals surface area contributed by atoms with Crippen LogP contribution < -0.4 is 14.9 Å². The first-order chi connectivity index (χ1) is 17.0. The quantitative estimate of drug-likeness (QED) is 0.430. The molecule has 9 nitrogen and oxygen atoms in total. The fraction of sp³-hybridized carbons (Fsp3) is 0.320. The molecule has 0 radical (unpaired) electrons. The van der Waals surface area contributed by atoms with Crippen molar-refractivity contribution in [2.24, 2.45) is 5.92 Å². The predicted octanol–water partition coefficient (Wildman–Crippen LogP) is 3.60. The van der Waals surface area contributed by atoms with Gasteiger partial charge >= 0.3 is 0 Å². The van der Waals surface area contributed by atoms with Gasteiger partial charge in [0.05, 0.1) is 0 Å². The molecule has 1 aliphatic rings. The van der Waals surface area contributed by atoms with Gasteiger partial charge in [0.2, 0.25) is 5.91 Å². The van der Waals surface area contributed by atoms with Gasteiger partial charge < -0.3 is 15.2 Å². The Hall–Kier alpha value is -3.37. The van der Waals surface area contributed by atoms with Gasteiger partial charge in [-0.05, 0) is 61.2 Å². The number of H-pyrrole nitrogens is 1. The number of hydrogen-bond acceptors (Lipinski definition) is 5. The van der Waals surface area contributed by atoms with Gasteiger partial charge in [-0.25, -0.2) is 4.72 Å². The Labute approximate surface area is 214 Å². The van der Waals surface area contributed by atoms with Crippen LogP contribution in [-0.4, -0.2) is 43.7 Å². The Morgan fingerprint density at radius 1 is 1.06 bits per heavy atom. The second-order valence-electron chi connectivity index (χ2n) is 9.08. The van der Waals surface area contributed by atoms with Crippen LogP contribution in [0.1, 0.15) is 43.5 Å². The maximum atomic E-state index is 12.9. The van der Waals surface area contributed by atoms with Crippen molar-refractivity contribution in [2.45, 2.75) is 44.2 Å². The molecule has 2 aromatic carbocycles. The van der Waals surface area contributed by atoms with Crippen molar-refractivity contribution >= 4 is 55.9 Å². The smallest absolute Gasteiger partial charge is 0.279 e. The second-order valence-corrected chi connectivity index (χ2v) is 11.2. The molecule has 0 bridgehead atoms. The Morgan fingerprint density at radius 3 is 2.44 bits per heavy atom. The fourth-order valence-corrected chi connectivity index (χ4v) is 5.30. The molecule has 36 heavy (non-hydrogen) atoms. The summed E-state index contributed by atoms with van der Waals surface area (Å²) in [5.74, 6) is -1.73. The van der Waals surface area contributed by atoms with Gasteiger partial charge in [0, 0.05) is 40.1 Å². The van der Waals surface area contributed by atoms with E-state index in [0.29, 0.717) is 34.6 Å². The standard InChI is InChI=1S/C25H27ClN4O5S/c1-15(2)23(25(33)29-36(34,35)21-13-17-6-9-18(26)14-20(17)27-21)28-24(32)16-7-10-19(11-8-16)30-12-4-3-5-22(30)31/h6-11,13-15,23,27H,3-5,12H2,1-2H3,(H,28,32)(H,29,33). The minimum Gasteiger partial charge on any atom is -0.344 e. The van der Waals surface area contributed by atoms with Crippen LogP contribution in [0.5, 0.6) is 0 Å². The largest absolute Gasteiger partial charge is 0.344 e. The molecule has 1 aromatic heterocycles. The molecule has 0 aliphatic carbocycles. The Kier molecular flexibility index (Phi) is 7.37. The highest BCUT2D eigenvalue weighted by Crippen LogP contribution is 2.23. The summed E-state index contributed by atoms with van der Waals surface area (Å²) in [6.45, 7) is 4.04. The highest BCUT2D eigenvalue weighted by molar-refractivity contribution is 7.90. The van der Waals surface area contributed by atoms with Gasteiger partial charge in [0.25, 0.3) is 21.8 Å². The van der Waals surface area contributed by atoms with Gasteiger partial charge in [-0.3, -0.25) is 14.4 Å². The monoisotopic (exact) mass is 530 g/mol. The van der Waals surface area contributed by atoms with E-state index in [1.54, 1.807) is 61.2 Å². The molecule has 1 atom stereocenters. The van der Waals surface area contributed by atoms with Crippen LogP contribution in [0.3, 0.4) is 0 Å². The van der Waals surface area contributed by atoms with E-state index in [4.69, 9.17) is 11.6 Å². The molecular weight excluding hydrogens is 504 g/mol. The average Bonchev–Trinajstić information content (AvgIpc) is 3.26. The number of rotatable bonds is 7. The van der Waals surface area contributed by atoms with Crippen LogP contribution >= 0.6 is 11.6 Å². The molecule has 1 unspecified atom stereocenters. The van der Waals surface area contributed by atoms with Crippen molar-refractivity contribution in [1.29, 1.82) is 0 Å². The first kappa shape index (κ1) is 25.7. The highest BCUT2D eigenvalue weighted by atomic mass is 35.5. The average molecular weight is 531 g/mol. The lowest BCUT2D eigenvalue weighted by Gasteiger charge is -2.27. The van der Waals surface area contributed by atoms with E-state index in [2.05, 4.69) is 15.0 Å². The second kappa shape index (κ2) is 10.3. The minimum absolute atomic E-state index is 0.0502. The third-order valence-corrected chi connectivity index (χ3v) is 7.59. The normalized spacial score (nSPS) is 15.2. The van der Waals surface area contributed by atoms with Crippen molar-refractivity contribution in [1.82, 2.24) is 15.0 Å². The maximum absolute atomic E-state index is 12.9. The zero-order valence-corrected chi connectivity index (χ0v) is 21.4. The third-order valence-electron chi connectivity index (χ3n) is 6.08. The molecule has 3 amide bonds. The molecule has 3 N–H and O–H groups in total. The SMILES string of the molecule is CC(C)C(NC(=O)c1ccc(N2CCCCC2=O)cc1)C(=O)NS(=O)(=O)c1cc2ccc(Cl)cc2[nH]1. The van der Waals surface area contributed by atoms with Crippen LogP contribution in [0.15, 0.2) is 53.6 Å². The summed E-state index contributed by atoms with van der Waals surface area (Å²) in [6, 6.07) is 11.7. The van der Waals surface area contributed by atoms with Crippen molar-refractivity contribution in [3.8, 4) is 0 Å². The molecular formula is C25H27ClN4O5S. The fourth-order valence-electron chi connectivity index (χ4n) is 4.10.